The van der Waals surface area contributed by atoms with E-state index in [9.17, 15) is 19.8 Å². The maximum atomic E-state index is 12.0. The summed E-state index contributed by atoms with van der Waals surface area (Å²) in [7, 11) is 4.38. The Bertz CT molecular complexity index is 1240. The topological polar surface area (TPSA) is 133 Å². The maximum Gasteiger partial charge on any atom is 0.328 e. The van der Waals surface area contributed by atoms with Gasteiger partial charge in [0, 0.05) is 18.4 Å². The molecule has 1 aliphatic carbocycles. The molecule has 0 radical (unpaired) electrons. The van der Waals surface area contributed by atoms with E-state index in [0.29, 0.717) is 31.2 Å². The van der Waals surface area contributed by atoms with Crippen molar-refractivity contribution in [2.75, 3.05) is 27.2 Å². The summed E-state index contributed by atoms with van der Waals surface area (Å²) in [6, 6.07) is 19.8. The summed E-state index contributed by atoms with van der Waals surface area (Å²) >= 11 is 0. The van der Waals surface area contributed by atoms with Crippen molar-refractivity contribution in [3.63, 3.8) is 0 Å². The van der Waals surface area contributed by atoms with Gasteiger partial charge in [0.2, 0.25) is 5.89 Å². The van der Waals surface area contributed by atoms with Gasteiger partial charge in [-0.05, 0) is 36.6 Å². The number of aliphatic carboxylic acids is 2. The average Bonchev–Trinajstić information content (AvgIpc) is 3.44. The van der Waals surface area contributed by atoms with Crippen molar-refractivity contribution in [3.8, 4) is 5.75 Å². The first-order valence-electron chi connectivity index (χ1n) is 13.9. The molecule has 1 fully saturated rings. The molecule has 9 nitrogen and oxygen atoms in total. The van der Waals surface area contributed by atoms with Crippen LogP contribution in [0.3, 0.4) is 0 Å². The summed E-state index contributed by atoms with van der Waals surface area (Å²) in [5.41, 5.74) is -0.308. The van der Waals surface area contributed by atoms with Gasteiger partial charge in [-0.25, -0.2) is 9.78 Å². The molecule has 3 aromatic rings. The van der Waals surface area contributed by atoms with Crippen LogP contribution < -0.4 is 9.84 Å². The highest BCUT2D eigenvalue weighted by atomic mass is 16.5. The fraction of sp³-hybridized carbons (Fsp3) is 0.406. The van der Waals surface area contributed by atoms with E-state index in [0.717, 1.165) is 60.2 Å². The molecule has 0 aliphatic heterocycles. The van der Waals surface area contributed by atoms with E-state index >= 15 is 0 Å². The molecule has 1 saturated carbocycles. The molecular weight excluding hydrogens is 524 g/mol. The first kappa shape index (κ1) is 31.6. The van der Waals surface area contributed by atoms with Gasteiger partial charge in [0.1, 0.15) is 12.3 Å². The van der Waals surface area contributed by atoms with Gasteiger partial charge in [0.15, 0.2) is 11.4 Å². The maximum absolute atomic E-state index is 12.0. The lowest BCUT2D eigenvalue weighted by Gasteiger charge is -2.36. The number of ether oxygens (including phenoxy) is 1. The SMILES string of the molecule is C[N+](C)(CCCOc1ccccc1)Cc1cnc([C@](O)(c2ccccc2)C2CCCCC2)o1.O=C([O-])C=CC(=O)O. The fourth-order valence-electron chi connectivity index (χ4n) is 5.14. The number of carbonyl (C=O) groups is 2. The predicted molar refractivity (Wildman–Crippen MR) is 152 cm³/mol. The Kier molecular flexibility index (Phi) is 11.7. The Morgan fingerprint density at radius 2 is 1.68 bits per heavy atom. The zero-order valence-electron chi connectivity index (χ0n) is 23.8. The predicted octanol–water partition coefficient (Wildman–Crippen LogP) is 3.91. The van der Waals surface area contributed by atoms with Crippen molar-refractivity contribution in [1.82, 2.24) is 4.98 Å². The molecule has 0 spiro atoms. The standard InChI is InChI=1S/C28H37N2O3.C4H4O4/c1-30(2,19-12-20-32-25-17-10-5-11-18-25)22-26-21-29-27(33-26)28(31,23-13-6-3-7-14-23)24-15-8-4-9-16-24;5-3(6)1-2-4(7)8/h3,5-7,10-11,13-14,17-18,21,24,31H,4,8-9,12,15-16,19-20,22H2,1-2H3;1-2H,(H,5,6)(H,7,8)/q+1;/p-1/t28-;/m0./s1. The highest BCUT2D eigenvalue weighted by molar-refractivity contribution is 5.88. The Hall–Kier alpha value is -3.95. The van der Waals surface area contributed by atoms with E-state index in [2.05, 4.69) is 19.1 Å². The van der Waals surface area contributed by atoms with Crippen LogP contribution in [0.2, 0.25) is 0 Å². The number of rotatable bonds is 12. The van der Waals surface area contributed by atoms with E-state index < -0.39 is 17.5 Å². The number of hydrogen-bond acceptors (Lipinski definition) is 7. The Morgan fingerprint density at radius 3 is 2.27 bits per heavy atom. The molecule has 0 unspecified atom stereocenters. The van der Waals surface area contributed by atoms with Gasteiger partial charge in [-0.2, -0.15) is 0 Å². The largest absolute Gasteiger partial charge is 0.545 e. The third-order valence-corrected chi connectivity index (χ3v) is 7.16. The van der Waals surface area contributed by atoms with Crippen molar-refractivity contribution in [2.24, 2.45) is 5.92 Å². The number of para-hydroxylation sites is 1. The molecule has 9 heteroatoms. The van der Waals surface area contributed by atoms with Gasteiger partial charge in [-0.15, -0.1) is 0 Å². The third-order valence-electron chi connectivity index (χ3n) is 7.16. The Balaban J connectivity index is 0.000000507. The lowest BCUT2D eigenvalue weighted by atomic mass is 9.73. The van der Waals surface area contributed by atoms with Crippen LogP contribution >= 0.6 is 0 Å². The zero-order chi connectivity index (χ0) is 29.7. The molecule has 4 rings (SSSR count). The molecule has 1 aliphatic rings. The second kappa shape index (κ2) is 15.2. The highest BCUT2D eigenvalue weighted by Gasteiger charge is 2.44. The number of oxazole rings is 1. The number of carboxylic acids is 2. The molecule has 2 N–H and O–H groups in total. The van der Waals surface area contributed by atoms with Gasteiger partial charge < -0.3 is 33.8 Å². The first-order chi connectivity index (χ1) is 19.6. The van der Waals surface area contributed by atoms with E-state index in [4.69, 9.17) is 14.3 Å². The van der Waals surface area contributed by atoms with Crippen LogP contribution in [0.15, 0.2) is 83.4 Å². The molecule has 0 bridgehead atoms. The average molecular weight is 565 g/mol. The molecular formula is C32H40N2O7. The third kappa shape index (κ3) is 9.88. The summed E-state index contributed by atoms with van der Waals surface area (Å²) in [6.07, 6.45) is 9.18. The van der Waals surface area contributed by atoms with Crippen LogP contribution in [0.5, 0.6) is 5.75 Å². The molecule has 1 aromatic heterocycles. The smallest absolute Gasteiger partial charge is 0.328 e. The van der Waals surface area contributed by atoms with Gasteiger partial charge in [-0.1, -0.05) is 67.8 Å². The van der Waals surface area contributed by atoms with Crippen molar-refractivity contribution in [1.29, 1.82) is 0 Å². The van der Waals surface area contributed by atoms with E-state index in [1.165, 1.54) is 6.42 Å². The minimum atomic E-state index is -1.51. The van der Waals surface area contributed by atoms with Crippen molar-refractivity contribution < 1.29 is 38.5 Å². The van der Waals surface area contributed by atoms with E-state index in [1.807, 2.05) is 60.7 Å². The van der Waals surface area contributed by atoms with Crippen molar-refractivity contribution in [3.05, 3.63) is 96.2 Å². The minimum absolute atomic E-state index is 0.123. The van der Waals surface area contributed by atoms with Crippen molar-refractivity contribution >= 4 is 11.9 Å². The summed E-state index contributed by atoms with van der Waals surface area (Å²) < 4.78 is 12.9. The number of aromatic nitrogens is 1. The lowest BCUT2D eigenvalue weighted by molar-refractivity contribution is -0.904. The van der Waals surface area contributed by atoms with Gasteiger partial charge >= 0.3 is 5.97 Å². The normalized spacial score (nSPS) is 15.5. The minimum Gasteiger partial charge on any atom is -0.545 e. The second-order valence-corrected chi connectivity index (χ2v) is 10.9. The summed E-state index contributed by atoms with van der Waals surface area (Å²) in [5, 5.41) is 29.2. The molecule has 41 heavy (non-hydrogen) atoms. The van der Waals surface area contributed by atoms with Crippen LogP contribution in [0, 0.1) is 5.92 Å². The molecule has 0 saturated heterocycles. The Labute approximate surface area is 241 Å². The van der Waals surface area contributed by atoms with Crippen LogP contribution in [0.25, 0.3) is 0 Å². The van der Waals surface area contributed by atoms with Gasteiger partial charge in [-0.3, -0.25) is 0 Å². The molecule has 1 atom stereocenters. The number of aliphatic hydroxyl groups is 1. The Morgan fingerprint density at radius 1 is 1.05 bits per heavy atom. The van der Waals surface area contributed by atoms with Crippen LogP contribution in [0.4, 0.5) is 0 Å². The molecule has 220 valence electrons. The number of nitrogens with zero attached hydrogens (tertiary/aromatic N) is 2. The van der Waals surface area contributed by atoms with Crippen LogP contribution in [-0.4, -0.2) is 58.9 Å². The number of hydrogen-bond donors (Lipinski definition) is 2. The summed E-state index contributed by atoms with van der Waals surface area (Å²) in [5.74, 6) is -0.530. The van der Waals surface area contributed by atoms with Crippen molar-refractivity contribution in [2.45, 2.75) is 50.7 Å². The summed E-state index contributed by atoms with van der Waals surface area (Å²) in [4.78, 5) is 23.6. The molecule has 0 amide bonds. The van der Waals surface area contributed by atoms with E-state index in [-0.39, 0.29) is 5.92 Å². The van der Waals surface area contributed by atoms with E-state index in [1.54, 1.807) is 6.20 Å². The first-order valence-corrected chi connectivity index (χ1v) is 13.9. The summed E-state index contributed by atoms with van der Waals surface area (Å²) in [6.45, 7) is 2.35. The second-order valence-electron chi connectivity index (χ2n) is 10.9. The fourth-order valence-corrected chi connectivity index (χ4v) is 5.14. The number of carboxylic acid groups (broad SMARTS) is 2. The number of carbonyl (C=O) groups excluding carboxylic acids is 1. The van der Waals surface area contributed by atoms with Gasteiger partial charge in [0.25, 0.3) is 0 Å². The highest BCUT2D eigenvalue weighted by Crippen LogP contribution is 2.43. The zero-order valence-corrected chi connectivity index (χ0v) is 23.8. The quantitative estimate of drug-likeness (QED) is 0.192. The number of quaternary nitrogens is 1. The van der Waals surface area contributed by atoms with Crippen LogP contribution in [-0.2, 0) is 21.7 Å². The number of benzene rings is 2. The van der Waals surface area contributed by atoms with Gasteiger partial charge in [0.05, 0.1) is 39.4 Å². The monoisotopic (exact) mass is 564 g/mol. The lowest BCUT2D eigenvalue weighted by Crippen LogP contribution is -2.40. The van der Waals surface area contributed by atoms with Crippen LogP contribution in [0.1, 0.15) is 55.7 Å². The molecule has 1 heterocycles. The molecule has 2 aromatic carbocycles.